The fourth-order valence-electron chi connectivity index (χ4n) is 3.70. The normalized spacial score (nSPS) is 11.1. The van der Waals surface area contributed by atoms with Gasteiger partial charge in [0.1, 0.15) is 12.2 Å². The van der Waals surface area contributed by atoms with E-state index in [4.69, 9.17) is 0 Å². The van der Waals surface area contributed by atoms with Gasteiger partial charge in [0, 0.05) is 12.7 Å². The van der Waals surface area contributed by atoms with E-state index in [0.717, 1.165) is 10.1 Å². The number of rotatable bonds is 7. The van der Waals surface area contributed by atoms with E-state index in [1.54, 1.807) is 11.5 Å². The second-order valence-corrected chi connectivity index (χ2v) is 8.75. The summed E-state index contributed by atoms with van der Waals surface area (Å²) in [5, 5.41) is 0. The molecule has 3 heterocycles. The number of hydrazine groups is 1. The van der Waals surface area contributed by atoms with E-state index < -0.39 is 29.6 Å². The summed E-state index contributed by atoms with van der Waals surface area (Å²) in [6, 6.07) is 9.27. The standard InChI is InChI=1S/C24H26N8O4/c1-15(2)11-30-14-27-21-20(30)23(35)32(24(36)31(21)12-17-7-5-4-6-8-17)13-19(33)28-29-22(34)18-10-25-16(3)9-26-18/h4-10,14-15H,11-13H2,1-3H3,(H,28,33)(H,29,34). The zero-order valence-corrected chi connectivity index (χ0v) is 20.1. The average molecular weight is 491 g/mol. The van der Waals surface area contributed by atoms with Crippen molar-refractivity contribution in [3.05, 3.63) is 86.8 Å². The van der Waals surface area contributed by atoms with Crippen LogP contribution in [0.1, 0.15) is 35.6 Å². The first kappa shape index (κ1) is 24.5. The van der Waals surface area contributed by atoms with Crippen molar-refractivity contribution in [2.45, 2.75) is 40.4 Å². The summed E-state index contributed by atoms with van der Waals surface area (Å²) in [5.74, 6) is -1.23. The summed E-state index contributed by atoms with van der Waals surface area (Å²) in [7, 11) is 0. The van der Waals surface area contributed by atoms with Crippen LogP contribution in [0.2, 0.25) is 0 Å². The molecule has 3 aromatic heterocycles. The molecule has 12 nitrogen and oxygen atoms in total. The maximum absolute atomic E-state index is 13.4. The van der Waals surface area contributed by atoms with Gasteiger partial charge in [-0.1, -0.05) is 44.2 Å². The van der Waals surface area contributed by atoms with Crippen molar-refractivity contribution in [1.82, 2.24) is 39.5 Å². The van der Waals surface area contributed by atoms with Crippen LogP contribution in [0.4, 0.5) is 0 Å². The first-order valence-corrected chi connectivity index (χ1v) is 11.3. The van der Waals surface area contributed by atoms with E-state index in [2.05, 4.69) is 25.8 Å². The van der Waals surface area contributed by atoms with Crippen LogP contribution in [-0.4, -0.2) is 40.5 Å². The van der Waals surface area contributed by atoms with Crippen LogP contribution in [0.5, 0.6) is 0 Å². The summed E-state index contributed by atoms with van der Waals surface area (Å²) in [6.07, 6.45) is 4.22. The van der Waals surface area contributed by atoms with E-state index in [9.17, 15) is 19.2 Å². The van der Waals surface area contributed by atoms with Crippen molar-refractivity contribution >= 4 is 23.0 Å². The second kappa shape index (κ2) is 10.3. The Kier molecular flexibility index (Phi) is 7.04. The lowest BCUT2D eigenvalue weighted by Crippen LogP contribution is -2.48. The molecule has 0 saturated carbocycles. The number of hydrogen-bond donors (Lipinski definition) is 2. The number of imidazole rings is 1. The Morgan fingerprint density at radius 2 is 1.72 bits per heavy atom. The van der Waals surface area contributed by atoms with Gasteiger partial charge in [-0.2, -0.15) is 0 Å². The first-order chi connectivity index (χ1) is 17.2. The number of hydrogen-bond acceptors (Lipinski definition) is 7. The number of benzene rings is 1. The number of aromatic nitrogens is 6. The van der Waals surface area contributed by atoms with E-state index in [-0.39, 0.29) is 29.3 Å². The molecule has 0 atom stereocenters. The molecule has 0 saturated heterocycles. The molecule has 0 aliphatic carbocycles. The van der Waals surface area contributed by atoms with Crippen molar-refractivity contribution in [2.24, 2.45) is 5.92 Å². The molecule has 0 bridgehead atoms. The van der Waals surface area contributed by atoms with Gasteiger partial charge >= 0.3 is 5.69 Å². The van der Waals surface area contributed by atoms with Gasteiger partial charge in [-0.05, 0) is 18.4 Å². The van der Waals surface area contributed by atoms with Gasteiger partial charge in [0.05, 0.1) is 24.8 Å². The van der Waals surface area contributed by atoms with Crippen LogP contribution in [-0.2, 0) is 24.4 Å². The van der Waals surface area contributed by atoms with Crippen LogP contribution < -0.4 is 22.1 Å². The van der Waals surface area contributed by atoms with Crippen molar-refractivity contribution in [1.29, 1.82) is 0 Å². The van der Waals surface area contributed by atoms with Crippen LogP contribution in [0.15, 0.2) is 58.6 Å². The van der Waals surface area contributed by atoms with Gasteiger partial charge in [0.25, 0.3) is 17.4 Å². The van der Waals surface area contributed by atoms with Crippen molar-refractivity contribution in [2.75, 3.05) is 0 Å². The minimum atomic E-state index is -0.761. The average Bonchev–Trinajstić information content (AvgIpc) is 3.27. The fraction of sp³-hybridized carbons (Fsp3) is 0.292. The summed E-state index contributed by atoms with van der Waals surface area (Å²) < 4.78 is 3.91. The highest BCUT2D eigenvalue weighted by atomic mass is 16.2. The smallest absolute Gasteiger partial charge is 0.324 e. The van der Waals surface area contributed by atoms with E-state index in [0.29, 0.717) is 12.2 Å². The summed E-state index contributed by atoms with van der Waals surface area (Å²) in [4.78, 5) is 63.8. The molecule has 12 heteroatoms. The van der Waals surface area contributed by atoms with Gasteiger partial charge < -0.3 is 4.57 Å². The number of carbonyl (C=O) groups is 2. The number of aryl methyl sites for hydroxylation is 1. The number of nitrogens with zero attached hydrogens (tertiary/aromatic N) is 6. The maximum Gasteiger partial charge on any atom is 0.333 e. The summed E-state index contributed by atoms with van der Waals surface area (Å²) >= 11 is 0. The lowest BCUT2D eigenvalue weighted by molar-refractivity contribution is -0.122. The monoisotopic (exact) mass is 490 g/mol. The molecule has 0 aliphatic rings. The predicted octanol–water partition coefficient (Wildman–Crippen LogP) is 0.624. The molecule has 0 unspecified atom stereocenters. The third kappa shape index (κ3) is 5.22. The summed E-state index contributed by atoms with van der Waals surface area (Å²) in [6.45, 7) is 5.80. The van der Waals surface area contributed by atoms with Crippen molar-refractivity contribution in [3.63, 3.8) is 0 Å². The maximum atomic E-state index is 13.4. The topological polar surface area (TPSA) is 146 Å². The van der Waals surface area contributed by atoms with Crippen molar-refractivity contribution in [3.8, 4) is 0 Å². The first-order valence-electron chi connectivity index (χ1n) is 11.3. The van der Waals surface area contributed by atoms with Gasteiger partial charge in [-0.25, -0.2) is 19.3 Å². The molecule has 36 heavy (non-hydrogen) atoms. The Balaban J connectivity index is 1.66. The molecule has 186 valence electrons. The van der Waals surface area contributed by atoms with Crippen LogP contribution in [0.3, 0.4) is 0 Å². The molecule has 1 aromatic carbocycles. The molecule has 0 radical (unpaired) electrons. The number of amides is 2. The van der Waals surface area contributed by atoms with Gasteiger partial charge in [0.15, 0.2) is 11.2 Å². The Hall–Kier alpha value is -4.61. The van der Waals surface area contributed by atoms with E-state index >= 15 is 0 Å². The van der Waals surface area contributed by atoms with E-state index in [1.165, 1.54) is 23.3 Å². The summed E-state index contributed by atoms with van der Waals surface area (Å²) in [5.41, 5.74) is 5.06. The minimum absolute atomic E-state index is 0.00212. The lowest BCUT2D eigenvalue weighted by atomic mass is 10.2. The van der Waals surface area contributed by atoms with Gasteiger partial charge in [0.2, 0.25) is 0 Å². The number of nitrogens with one attached hydrogen (secondary N) is 2. The van der Waals surface area contributed by atoms with Crippen LogP contribution >= 0.6 is 0 Å². The SMILES string of the molecule is Cc1cnc(C(=O)NNC(=O)Cn2c(=O)c3c(ncn3CC(C)C)n(Cc3ccccc3)c2=O)cn1. The highest BCUT2D eigenvalue weighted by Gasteiger charge is 2.20. The van der Waals surface area contributed by atoms with E-state index in [1.807, 2.05) is 44.2 Å². The molecule has 2 N–H and O–H groups in total. The van der Waals surface area contributed by atoms with Gasteiger partial charge in [-0.15, -0.1) is 0 Å². The molecular weight excluding hydrogens is 464 g/mol. The zero-order valence-electron chi connectivity index (χ0n) is 20.1. The molecule has 4 rings (SSSR count). The minimum Gasteiger partial charge on any atom is -0.324 e. The third-order valence-electron chi connectivity index (χ3n) is 5.36. The largest absolute Gasteiger partial charge is 0.333 e. The van der Waals surface area contributed by atoms with Crippen LogP contribution in [0, 0.1) is 12.8 Å². The molecule has 0 aliphatic heterocycles. The van der Waals surface area contributed by atoms with Crippen molar-refractivity contribution < 1.29 is 9.59 Å². The zero-order chi connectivity index (χ0) is 25.8. The predicted molar refractivity (Wildman–Crippen MR) is 131 cm³/mol. The van der Waals surface area contributed by atoms with Crippen LogP contribution in [0.25, 0.3) is 11.2 Å². The molecule has 0 fully saturated rings. The number of carbonyl (C=O) groups excluding carboxylic acids is 2. The van der Waals surface area contributed by atoms with Gasteiger partial charge in [-0.3, -0.25) is 34.8 Å². The lowest BCUT2D eigenvalue weighted by Gasteiger charge is -2.14. The highest BCUT2D eigenvalue weighted by molar-refractivity contribution is 5.93. The Labute approximate surface area is 205 Å². The molecule has 4 aromatic rings. The number of fused-ring (bicyclic) bond motifs is 1. The third-order valence-corrected chi connectivity index (χ3v) is 5.36. The Morgan fingerprint density at radius 3 is 2.39 bits per heavy atom. The quantitative estimate of drug-likeness (QED) is 0.361. The Morgan fingerprint density at radius 1 is 0.972 bits per heavy atom. The highest BCUT2D eigenvalue weighted by Crippen LogP contribution is 2.11. The molecular formula is C24H26N8O4. The molecule has 2 amide bonds. The second-order valence-electron chi connectivity index (χ2n) is 8.75. The Bertz CT molecular complexity index is 1520. The fourth-order valence-corrected chi connectivity index (χ4v) is 3.70. The molecule has 0 spiro atoms.